The van der Waals surface area contributed by atoms with E-state index in [-0.39, 0.29) is 12.5 Å². The zero-order valence-corrected chi connectivity index (χ0v) is 45.1. The van der Waals surface area contributed by atoms with Crippen LogP contribution in [0.15, 0.2) is 36.5 Å². The van der Waals surface area contributed by atoms with E-state index in [2.05, 4.69) is 43.5 Å². The van der Waals surface area contributed by atoms with Gasteiger partial charge in [0.05, 0.1) is 25.4 Å². The molecule has 1 rings (SSSR count). The molecule has 0 aromatic rings. The number of aliphatic hydroxyl groups excluding tert-OH is 5. The predicted octanol–water partition coefficient (Wildman–Crippen LogP) is 14.7. The van der Waals surface area contributed by atoms with E-state index in [1.165, 1.54) is 225 Å². The Hall–Kier alpha value is -1.59. The molecule has 406 valence electrons. The van der Waals surface area contributed by atoms with Crippen molar-refractivity contribution in [3.8, 4) is 0 Å². The maximum absolute atomic E-state index is 13.1. The Kier molecular flexibility index (Phi) is 47.4. The first-order valence-electron chi connectivity index (χ1n) is 29.7. The van der Waals surface area contributed by atoms with Crippen LogP contribution in [-0.4, -0.2) is 87.5 Å². The van der Waals surface area contributed by atoms with Gasteiger partial charge in [0.25, 0.3) is 0 Å². The van der Waals surface area contributed by atoms with Gasteiger partial charge in [0.15, 0.2) is 6.29 Å². The van der Waals surface area contributed by atoms with Crippen LogP contribution < -0.4 is 5.32 Å². The lowest BCUT2D eigenvalue weighted by Gasteiger charge is -2.40. The molecule has 0 aromatic carbocycles. The molecule has 0 aliphatic carbocycles. The van der Waals surface area contributed by atoms with Crippen LogP contribution in [0, 0.1) is 0 Å². The van der Waals surface area contributed by atoms with Crippen molar-refractivity contribution >= 4 is 5.91 Å². The van der Waals surface area contributed by atoms with Crippen molar-refractivity contribution < 1.29 is 39.8 Å². The topological polar surface area (TPSA) is 149 Å². The molecule has 1 aliphatic rings. The standard InChI is InChI=1S/C60H113NO8/c1-3-5-7-9-11-13-15-17-19-21-22-23-24-25-26-27-28-29-30-31-32-34-36-38-40-42-44-46-48-50-56(64)61-53(52-68-60-59(67)58(66)57(65)55(51-62)69-60)54(63)49-47-45-43-41-39-37-35-33-20-18-16-14-12-10-8-6-4-2/h25-26,39,41,47,49,53-55,57-60,62-63,65-67H,3-24,27-38,40,42-46,48,50-52H2,1-2H3,(H,61,64)/b26-25-,41-39+,49-47+. The maximum atomic E-state index is 13.1. The van der Waals surface area contributed by atoms with Crippen molar-refractivity contribution in [2.45, 2.75) is 326 Å². The molecule has 1 amide bonds. The maximum Gasteiger partial charge on any atom is 0.220 e. The van der Waals surface area contributed by atoms with E-state index < -0.39 is 49.5 Å². The molecule has 1 fully saturated rings. The summed E-state index contributed by atoms with van der Waals surface area (Å²) >= 11 is 0. The van der Waals surface area contributed by atoms with Crippen LogP contribution in [0.4, 0.5) is 0 Å². The fourth-order valence-electron chi connectivity index (χ4n) is 9.46. The molecule has 0 aromatic heterocycles. The van der Waals surface area contributed by atoms with Gasteiger partial charge in [0, 0.05) is 6.42 Å². The summed E-state index contributed by atoms with van der Waals surface area (Å²) in [5.74, 6) is -0.184. The monoisotopic (exact) mass is 976 g/mol. The summed E-state index contributed by atoms with van der Waals surface area (Å²) in [4.78, 5) is 13.1. The molecule has 0 bridgehead atoms. The van der Waals surface area contributed by atoms with Gasteiger partial charge in [-0.25, -0.2) is 0 Å². The fourth-order valence-corrected chi connectivity index (χ4v) is 9.46. The molecule has 7 atom stereocenters. The quantitative estimate of drug-likeness (QED) is 0.0261. The second-order valence-corrected chi connectivity index (χ2v) is 20.8. The van der Waals surface area contributed by atoms with Crippen molar-refractivity contribution in [1.82, 2.24) is 5.32 Å². The van der Waals surface area contributed by atoms with Crippen molar-refractivity contribution in [3.05, 3.63) is 36.5 Å². The lowest BCUT2D eigenvalue weighted by atomic mass is 9.99. The van der Waals surface area contributed by atoms with Gasteiger partial charge in [-0.1, -0.05) is 256 Å². The lowest BCUT2D eigenvalue weighted by Crippen LogP contribution is -2.60. The van der Waals surface area contributed by atoms with Crippen LogP contribution in [0.1, 0.15) is 284 Å². The van der Waals surface area contributed by atoms with Gasteiger partial charge in [-0.3, -0.25) is 4.79 Å². The number of hydrogen-bond acceptors (Lipinski definition) is 8. The molecular formula is C60H113NO8. The number of unbranched alkanes of at least 4 members (excludes halogenated alkanes) is 37. The first-order chi connectivity index (χ1) is 33.8. The number of amides is 1. The van der Waals surface area contributed by atoms with Gasteiger partial charge in [-0.05, 0) is 57.8 Å². The molecule has 1 saturated heterocycles. The number of allylic oxidation sites excluding steroid dienone is 5. The summed E-state index contributed by atoms with van der Waals surface area (Å²) in [6.07, 6.45) is 57.9. The van der Waals surface area contributed by atoms with Crippen molar-refractivity contribution in [2.24, 2.45) is 0 Å². The molecule has 9 heteroatoms. The number of carbonyl (C=O) groups is 1. The summed E-state index contributed by atoms with van der Waals surface area (Å²) in [6.45, 7) is 3.79. The van der Waals surface area contributed by atoms with E-state index in [0.717, 1.165) is 38.5 Å². The Bertz CT molecular complexity index is 1180. The zero-order valence-electron chi connectivity index (χ0n) is 45.1. The van der Waals surface area contributed by atoms with E-state index in [1.54, 1.807) is 6.08 Å². The first kappa shape index (κ1) is 65.4. The van der Waals surface area contributed by atoms with Gasteiger partial charge in [-0.15, -0.1) is 0 Å². The molecular weight excluding hydrogens is 863 g/mol. The zero-order chi connectivity index (χ0) is 50.1. The SMILES string of the molecule is CCCCCCCCCCCCC/C=C/CC/C=C/C(O)C(COC1OC(CO)C(O)C(O)C1O)NC(=O)CCCCCCCCCCCCCCC/C=C\CCCCCCCCCCCCCC. The van der Waals surface area contributed by atoms with Crippen LogP contribution in [0.3, 0.4) is 0 Å². The minimum atomic E-state index is -1.57. The van der Waals surface area contributed by atoms with Crippen molar-refractivity contribution in [1.29, 1.82) is 0 Å². The molecule has 1 aliphatic heterocycles. The third-order valence-corrected chi connectivity index (χ3v) is 14.2. The van der Waals surface area contributed by atoms with Crippen LogP contribution in [-0.2, 0) is 14.3 Å². The first-order valence-corrected chi connectivity index (χ1v) is 29.7. The van der Waals surface area contributed by atoms with Gasteiger partial charge >= 0.3 is 0 Å². The van der Waals surface area contributed by atoms with Gasteiger partial charge in [-0.2, -0.15) is 0 Å². The molecule has 0 spiro atoms. The summed E-state index contributed by atoms with van der Waals surface area (Å²) in [5, 5.41) is 54.5. The predicted molar refractivity (Wildman–Crippen MR) is 290 cm³/mol. The highest BCUT2D eigenvalue weighted by Crippen LogP contribution is 2.23. The van der Waals surface area contributed by atoms with Crippen molar-refractivity contribution in [3.63, 3.8) is 0 Å². The van der Waals surface area contributed by atoms with Crippen LogP contribution >= 0.6 is 0 Å². The minimum absolute atomic E-state index is 0.184. The molecule has 0 radical (unpaired) electrons. The molecule has 6 N–H and O–H groups in total. The number of ether oxygens (including phenoxy) is 2. The Morgan fingerprint density at radius 3 is 1.22 bits per heavy atom. The summed E-state index contributed by atoms with van der Waals surface area (Å²) < 4.78 is 11.3. The molecule has 69 heavy (non-hydrogen) atoms. The number of carbonyl (C=O) groups excluding carboxylic acids is 1. The largest absolute Gasteiger partial charge is 0.394 e. The highest BCUT2D eigenvalue weighted by atomic mass is 16.7. The van der Waals surface area contributed by atoms with E-state index in [9.17, 15) is 30.3 Å². The van der Waals surface area contributed by atoms with E-state index in [4.69, 9.17) is 9.47 Å². The Labute approximate surface area is 425 Å². The average Bonchev–Trinajstić information content (AvgIpc) is 3.35. The second kappa shape index (κ2) is 50.0. The van der Waals surface area contributed by atoms with Crippen LogP contribution in [0.5, 0.6) is 0 Å². The summed E-state index contributed by atoms with van der Waals surface area (Å²) in [6, 6.07) is -0.821. The minimum Gasteiger partial charge on any atom is -0.394 e. The fraction of sp³-hybridized carbons (Fsp3) is 0.883. The lowest BCUT2D eigenvalue weighted by molar-refractivity contribution is -0.302. The Balaban J connectivity index is 2.18. The third kappa shape index (κ3) is 39.6. The van der Waals surface area contributed by atoms with Gasteiger partial charge < -0.3 is 40.3 Å². The number of aliphatic hydroxyl groups is 5. The summed E-state index contributed by atoms with van der Waals surface area (Å²) in [7, 11) is 0. The number of nitrogens with one attached hydrogen (secondary N) is 1. The van der Waals surface area contributed by atoms with E-state index in [0.29, 0.717) is 6.42 Å². The third-order valence-electron chi connectivity index (χ3n) is 14.2. The van der Waals surface area contributed by atoms with E-state index in [1.807, 2.05) is 6.08 Å². The average molecular weight is 977 g/mol. The highest BCUT2D eigenvalue weighted by molar-refractivity contribution is 5.76. The van der Waals surface area contributed by atoms with Crippen LogP contribution in [0.2, 0.25) is 0 Å². The summed E-state index contributed by atoms with van der Waals surface area (Å²) in [5.41, 5.74) is 0. The van der Waals surface area contributed by atoms with Crippen LogP contribution in [0.25, 0.3) is 0 Å². The van der Waals surface area contributed by atoms with E-state index >= 15 is 0 Å². The molecule has 7 unspecified atom stereocenters. The molecule has 9 nitrogen and oxygen atoms in total. The molecule has 1 heterocycles. The highest BCUT2D eigenvalue weighted by Gasteiger charge is 2.44. The second-order valence-electron chi connectivity index (χ2n) is 20.8. The Morgan fingerprint density at radius 1 is 0.478 bits per heavy atom. The van der Waals surface area contributed by atoms with Crippen molar-refractivity contribution in [2.75, 3.05) is 13.2 Å². The van der Waals surface area contributed by atoms with Gasteiger partial charge in [0.1, 0.15) is 24.4 Å². The number of rotatable bonds is 51. The van der Waals surface area contributed by atoms with Gasteiger partial charge in [0.2, 0.25) is 5.91 Å². The molecule has 0 saturated carbocycles. The normalized spacial score (nSPS) is 19.7. The number of hydrogen-bond donors (Lipinski definition) is 6. The smallest absolute Gasteiger partial charge is 0.220 e. The Morgan fingerprint density at radius 2 is 0.826 bits per heavy atom.